The van der Waals surface area contributed by atoms with Gasteiger partial charge in [0.2, 0.25) is 0 Å². The van der Waals surface area contributed by atoms with Gasteiger partial charge in [-0.2, -0.15) is 0 Å². The highest BCUT2D eigenvalue weighted by atomic mass is 16.7. The maximum absolute atomic E-state index is 13.3. The number of hydrogen-bond donors (Lipinski definition) is 2. The average molecular weight is 785 g/mol. The first-order valence-electron chi connectivity index (χ1n) is 23.0. The minimum absolute atomic E-state index is 0.139. The Hall–Kier alpha value is -3.80. The molecule has 0 amide bonds. The van der Waals surface area contributed by atoms with Gasteiger partial charge in [-0.1, -0.05) is 204 Å². The highest BCUT2D eigenvalue weighted by Gasteiger charge is 2.25. The van der Waals surface area contributed by atoms with E-state index in [0.29, 0.717) is 5.56 Å². The monoisotopic (exact) mass is 785 g/mol. The van der Waals surface area contributed by atoms with E-state index in [1.165, 1.54) is 128 Å². The number of unbranched alkanes of at least 4 members (excludes halogenated alkanes) is 24. The molecule has 0 saturated heterocycles. The molecule has 0 aliphatic rings. The number of aromatic hydroxyl groups is 2. The summed E-state index contributed by atoms with van der Waals surface area (Å²) in [6.07, 6.45) is 31.2. The van der Waals surface area contributed by atoms with Crippen LogP contribution in [0.3, 0.4) is 0 Å². The van der Waals surface area contributed by atoms with Crippen LogP contribution < -0.4 is 0 Å². The third-order valence-corrected chi connectivity index (χ3v) is 11.1. The number of hydrogen-bond acceptors (Lipinski definition) is 6. The largest absolute Gasteiger partial charge is 0.508 e. The normalized spacial score (nSPS) is 11.3. The van der Waals surface area contributed by atoms with E-state index in [1.807, 2.05) is 30.3 Å². The van der Waals surface area contributed by atoms with Gasteiger partial charge < -0.3 is 19.7 Å². The molecule has 316 valence electrons. The van der Waals surface area contributed by atoms with Gasteiger partial charge in [0.1, 0.15) is 11.5 Å². The molecule has 3 aromatic carbocycles. The summed E-state index contributed by atoms with van der Waals surface area (Å²) >= 11 is 0. The highest BCUT2D eigenvalue weighted by molar-refractivity contribution is 5.78. The second kappa shape index (κ2) is 30.3. The number of rotatable bonds is 33. The number of carbonyl (C=O) groups excluding carboxylic acids is 2. The van der Waals surface area contributed by atoms with Crippen LogP contribution in [0.1, 0.15) is 205 Å². The zero-order valence-corrected chi connectivity index (χ0v) is 35.8. The molecule has 3 rings (SSSR count). The lowest BCUT2D eigenvalue weighted by Gasteiger charge is -2.22. The Morgan fingerprint density at radius 1 is 0.421 bits per heavy atom. The lowest BCUT2D eigenvalue weighted by molar-refractivity contribution is -0.189. The van der Waals surface area contributed by atoms with Crippen molar-refractivity contribution < 1.29 is 29.3 Å². The number of carbonyl (C=O) groups is 2. The van der Waals surface area contributed by atoms with Gasteiger partial charge in [0.05, 0.1) is 0 Å². The summed E-state index contributed by atoms with van der Waals surface area (Å²) in [4.78, 5) is 26.7. The molecule has 0 radical (unpaired) electrons. The molecule has 57 heavy (non-hydrogen) atoms. The molecule has 6 heteroatoms. The summed E-state index contributed by atoms with van der Waals surface area (Å²) in [5.74, 6) is -0.438. The fourth-order valence-electron chi connectivity index (χ4n) is 7.57. The fourth-order valence-corrected chi connectivity index (χ4v) is 7.57. The highest BCUT2D eigenvalue weighted by Crippen LogP contribution is 2.36. The number of benzene rings is 3. The Kier molecular flexibility index (Phi) is 25.3. The molecule has 0 atom stereocenters. The van der Waals surface area contributed by atoms with Gasteiger partial charge in [0.25, 0.3) is 6.29 Å². The van der Waals surface area contributed by atoms with Crippen molar-refractivity contribution in [3.8, 4) is 33.8 Å². The topological polar surface area (TPSA) is 93.1 Å². The Morgan fingerprint density at radius 2 is 0.737 bits per heavy atom. The van der Waals surface area contributed by atoms with E-state index in [4.69, 9.17) is 9.47 Å². The second-order valence-electron chi connectivity index (χ2n) is 16.2. The van der Waals surface area contributed by atoms with E-state index in [1.54, 1.807) is 36.4 Å². The van der Waals surface area contributed by atoms with Crippen LogP contribution in [-0.2, 0) is 19.1 Å². The Balaban J connectivity index is 1.57. The molecule has 3 aromatic rings. The van der Waals surface area contributed by atoms with Gasteiger partial charge in [0.15, 0.2) is 0 Å². The first-order chi connectivity index (χ1) is 27.9. The summed E-state index contributed by atoms with van der Waals surface area (Å²) in [5.41, 5.74) is 3.87. The quantitative estimate of drug-likeness (QED) is 0.0363. The predicted octanol–water partition coefficient (Wildman–Crippen LogP) is 15.5. The number of esters is 2. The zero-order valence-electron chi connectivity index (χ0n) is 35.8. The van der Waals surface area contributed by atoms with E-state index in [0.717, 1.165) is 60.8 Å². The first kappa shape index (κ1) is 47.6. The molecule has 0 bridgehead atoms. The molecule has 0 fully saturated rings. The third kappa shape index (κ3) is 21.0. The molecule has 0 aliphatic carbocycles. The molecular weight excluding hydrogens is 709 g/mol. The molecule has 0 spiro atoms. The summed E-state index contributed by atoms with van der Waals surface area (Å²) < 4.78 is 12.0. The van der Waals surface area contributed by atoms with Crippen molar-refractivity contribution in [1.29, 1.82) is 0 Å². The van der Waals surface area contributed by atoms with Crippen molar-refractivity contribution in [2.24, 2.45) is 0 Å². The zero-order chi connectivity index (χ0) is 40.8. The maximum Gasteiger partial charge on any atom is 0.309 e. The summed E-state index contributed by atoms with van der Waals surface area (Å²) in [6.45, 7) is 4.52. The van der Waals surface area contributed by atoms with E-state index >= 15 is 0 Å². The lowest BCUT2D eigenvalue weighted by atomic mass is 9.94. The molecule has 0 heterocycles. The van der Waals surface area contributed by atoms with Crippen molar-refractivity contribution >= 4 is 11.9 Å². The van der Waals surface area contributed by atoms with Gasteiger partial charge in [-0.3, -0.25) is 9.59 Å². The van der Waals surface area contributed by atoms with Crippen LogP contribution in [-0.4, -0.2) is 22.2 Å². The summed E-state index contributed by atoms with van der Waals surface area (Å²) in [6, 6.07) is 19.5. The maximum atomic E-state index is 13.3. The number of phenols is 2. The molecule has 0 unspecified atom stereocenters. The average Bonchev–Trinajstić information content (AvgIpc) is 3.21. The van der Waals surface area contributed by atoms with Crippen LogP contribution >= 0.6 is 0 Å². The van der Waals surface area contributed by atoms with E-state index in [2.05, 4.69) is 13.8 Å². The third-order valence-electron chi connectivity index (χ3n) is 11.1. The molecule has 6 nitrogen and oxygen atoms in total. The van der Waals surface area contributed by atoms with Gasteiger partial charge in [-0.05, 0) is 65.4 Å². The fraction of sp³-hybridized carbons (Fsp3) is 0.608. The molecule has 0 saturated carbocycles. The van der Waals surface area contributed by atoms with Gasteiger partial charge >= 0.3 is 11.9 Å². The summed E-state index contributed by atoms with van der Waals surface area (Å²) in [5, 5.41) is 19.9. The van der Waals surface area contributed by atoms with Crippen LogP contribution in [0, 0.1) is 0 Å². The number of ether oxygens (including phenoxy) is 2. The Bertz CT molecular complexity index is 1440. The Labute approximate surface area is 346 Å². The minimum Gasteiger partial charge on any atom is -0.508 e. The van der Waals surface area contributed by atoms with Crippen LogP contribution in [0.4, 0.5) is 0 Å². The van der Waals surface area contributed by atoms with Crippen molar-refractivity contribution in [2.75, 3.05) is 0 Å². The Morgan fingerprint density at radius 3 is 1.11 bits per heavy atom. The van der Waals surface area contributed by atoms with Gasteiger partial charge in [0, 0.05) is 18.4 Å². The second-order valence-corrected chi connectivity index (χ2v) is 16.2. The molecule has 2 N–H and O–H groups in total. The van der Waals surface area contributed by atoms with E-state index in [9.17, 15) is 19.8 Å². The van der Waals surface area contributed by atoms with E-state index in [-0.39, 0.29) is 36.3 Å². The minimum atomic E-state index is -1.20. The van der Waals surface area contributed by atoms with Gasteiger partial charge in [-0.15, -0.1) is 0 Å². The van der Waals surface area contributed by atoms with Crippen LogP contribution in [0.5, 0.6) is 11.5 Å². The first-order valence-corrected chi connectivity index (χ1v) is 23.0. The van der Waals surface area contributed by atoms with Crippen molar-refractivity contribution in [3.63, 3.8) is 0 Å². The van der Waals surface area contributed by atoms with Crippen LogP contribution in [0.2, 0.25) is 0 Å². The van der Waals surface area contributed by atoms with Gasteiger partial charge in [-0.25, -0.2) is 0 Å². The van der Waals surface area contributed by atoms with E-state index < -0.39 is 6.29 Å². The van der Waals surface area contributed by atoms with Crippen molar-refractivity contribution in [2.45, 2.75) is 200 Å². The number of phenolic OH excluding ortho intramolecular Hbond substituents is 2. The lowest BCUT2D eigenvalue weighted by Crippen LogP contribution is -2.19. The van der Waals surface area contributed by atoms with Crippen LogP contribution in [0.25, 0.3) is 22.3 Å². The smallest absolute Gasteiger partial charge is 0.309 e. The summed E-state index contributed by atoms with van der Waals surface area (Å²) in [7, 11) is 0. The standard InChI is InChI=1S/C51H76O6/c1-3-5-7-9-11-13-15-17-19-21-23-25-27-29-49(54)56-51(57-50(55)30-28-26-24-22-20-18-16-14-12-10-8-6-4-2)47-40-35-44(42-31-36-45(52)37-32-42)41-48(47)43-33-38-46(53)39-34-43/h31-41,51-53H,3-30H2,1-2H3. The van der Waals surface area contributed by atoms with Crippen molar-refractivity contribution in [1.82, 2.24) is 0 Å². The molecule has 0 aliphatic heterocycles. The molecule has 0 aromatic heterocycles. The SMILES string of the molecule is CCCCCCCCCCCCCCCC(=O)OC(OC(=O)CCCCCCCCCCCCCCC)c1ccc(-c2ccc(O)cc2)cc1-c1ccc(O)cc1. The molecular formula is C51H76O6. The predicted molar refractivity (Wildman–Crippen MR) is 236 cm³/mol. The van der Waals surface area contributed by atoms with Crippen LogP contribution in [0.15, 0.2) is 66.7 Å². The van der Waals surface area contributed by atoms with Crippen molar-refractivity contribution in [3.05, 3.63) is 72.3 Å².